The molecule has 0 aromatic carbocycles. The zero-order valence-corrected chi connectivity index (χ0v) is 6.67. The van der Waals surface area contributed by atoms with Crippen LogP contribution in [0, 0.1) is 0 Å². The molecule has 0 atom stereocenters. The van der Waals surface area contributed by atoms with Gasteiger partial charge in [-0.3, -0.25) is 9.65 Å². The van der Waals surface area contributed by atoms with E-state index >= 15 is 0 Å². The lowest BCUT2D eigenvalue weighted by Gasteiger charge is -1.97. The lowest BCUT2D eigenvalue weighted by Crippen LogP contribution is -2.21. The van der Waals surface area contributed by atoms with Crippen LogP contribution in [-0.4, -0.2) is 33.7 Å². The summed E-state index contributed by atoms with van der Waals surface area (Å²) in [6, 6.07) is 0. The third-order valence-corrected chi connectivity index (χ3v) is 1.21. The second-order valence-electron chi connectivity index (χ2n) is 1.57. The topological polar surface area (TPSA) is 95.9 Å². The number of rotatable bonds is 0. The van der Waals surface area contributed by atoms with Crippen LogP contribution in [0.4, 0.5) is 13.2 Å². The summed E-state index contributed by atoms with van der Waals surface area (Å²) >= 11 is 0. The highest BCUT2D eigenvalue weighted by Gasteiger charge is 2.44. The van der Waals surface area contributed by atoms with Gasteiger partial charge in [-0.15, -0.1) is 0 Å². The molecule has 0 spiro atoms. The van der Waals surface area contributed by atoms with Crippen LogP contribution in [0.25, 0.3) is 0 Å². The third-order valence-electron chi connectivity index (χ3n) is 0.624. The summed E-state index contributed by atoms with van der Waals surface area (Å²) in [7, 11) is -5.84. The Morgan fingerprint density at radius 2 is 1.85 bits per heavy atom. The van der Waals surface area contributed by atoms with E-state index in [1.54, 1.807) is 0 Å². The molecule has 10 heteroatoms. The van der Waals surface area contributed by atoms with Gasteiger partial charge in [-0.05, 0) is 0 Å². The molecular formula is C3H4F3N3O3S. The Morgan fingerprint density at radius 1 is 1.38 bits per heavy atom. The molecule has 1 heterocycles. The molecule has 0 bridgehead atoms. The number of nitrogens with one attached hydrogen (secondary N) is 1. The smallest absolute Gasteiger partial charge is 0.279 e. The average Bonchev–Trinajstić information content (AvgIpc) is 2.35. The standard InChI is InChI=1S/C2H3N3.CHF3O3S/c1-3-2-5-4-1;2-1(3,4)8(5,6)7/h1-2H,(H,3,4,5);(H,5,6,7). The fraction of sp³-hybridized carbons (Fsp3) is 0.333. The Bertz CT molecular complexity index is 300. The first-order valence-electron chi connectivity index (χ1n) is 2.57. The molecule has 2 N–H and O–H groups in total. The van der Waals surface area contributed by atoms with Gasteiger partial charge in [-0.2, -0.15) is 26.7 Å². The summed E-state index contributed by atoms with van der Waals surface area (Å²) in [6.45, 7) is 0. The number of hydrogen-bond acceptors (Lipinski definition) is 4. The van der Waals surface area contributed by atoms with Crippen LogP contribution >= 0.6 is 0 Å². The molecule has 0 fully saturated rings. The Labute approximate surface area is 70.5 Å². The van der Waals surface area contributed by atoms with E-state index in [0.717, 1.165) is 0 Å². The van der Waals surface area contributed by atoms with Crippen molar-refractivity contribution < 1.29 is 26.1 Å². The summed E-state index contributed by atoms with van der Waals surface area (Å²) in [5.74, 6) is 0. The van der Waals surface area contributed by atoms with Gasteiger partial charge < -0.3 is 0 Å². The normalized spacial score (nSPS) is 11.7. The van der Waals surface area contributed by atoms with Gasteiger partial charge in [0.25, 0.3) is 0 Å². The number of H-pyrrole nitrogens is 1. The number of halogens is 3. The van der Waals surface area contributed by atoms with Crippen molar-refractivity contribution in [3.05, 3.63) is 12.7 Å². The highest BCUT2D eigenvalue weighted by molar-refractivity contribution is 7.86. The minimum atomic E-state index is -5.84. The Balaban J connectivity index is 0.000000243. The predicted octanol–water partition coefficient (Wildman–Crippen LogP) is 0.199. The van der Waals surface area contributed by atoms with Gasteiger partial charge in [-0.25, -0.2) is 4.98 Å². The van der Waals surface area contributed by atoms with Gasteiger partial charge in [0.2, 0.25) is 0 Å². The van der Waals surface area contributed by atoms with Crippen molar-refractivity contribution in [3.8, 4) is 0 Å². The molecule has 0 aliphatic heterocycles. The van der Waals surface area contributed by atoms with Crippen LogP contribution in [0.3, 0.4) is 0 Å². The van der Waals surface area contributed by atoms with E-state index < -0.39 is 15.6 Å². The largest absolute Gasteiger partial charge is 0.522 e. The molecular weight excluding hydrogens is 215 g/mol. The van der Waals surface area contributed by atoms with Crippen LogP contribution < -0.4 is 0 Å². The third kappa shape index (κ3) is 5.14. The van der Waals surface area contributed by atoms with Crippen LogP contribution in [0.1, 0.15) is 0 Å². The molecule has 6 nitrogen and oxygen atoms in total. The zero-order valence-electron chi connectivity index (χ0n) is 5.85. The zero-order chi connectivity index (χ0) is 10.5. The van der Waals surface area contributed by atoms with Gasteiger partial charge in [0.15, 0.2) is 0 Å². The van der Waals surface area contributed by atoms with E-state index in [1.165, 1.54) is 12.7 Å². The molecule has 1 aromatic rings. The molecule has 0 aliphatic carbocycles. The molecule has 0 aliphatic rings. The quantitative estimate of drug-likeness (QED) is 0.480. The second-order valence-corrected chi connectivity index (χ2v) is 2.99. The van der Waals surface area contributed by atoms with Crippen molar-refractivity contribution in [1.29, 1.82) is 0 Å². The molecule has 0 amide bonds. The van der Waals surface area contributed by atoms with Gasteiger partial charge in [-0.1, -0.05) is 0 Å². The van der Waals surface area contributed by atoms with E-state index in [9.17, 15) is 13.2 Å². The summed E-state index contributed by atoms with van der Waals surface area (Å²) in [4.78, 5) is 3.56. The Morgan fingerprint density at radius 3 is 1.92 bits per heavy atom. The lowest BCUT2D eigenvalue weighted by molar-refractivity contribution is -0.0510. The first kappa shape index (κ1) is 11.8. The predicted molar refractivity (Wildman–Crippen MR) is 34.0 cm³/mol. The SMILES string of the molecule is O=S(=O)(O)C(F)(F)F.c1nc[nH]n1. The van der Waals surface area contributed by atoms with E-state index in [1.807, 2.05) is 0 Å². The van der Waals surface area contributed by atoms with Crippen LogP contribution in [0.15, 0.2) is 12.7 Å². The molecule has 0 unspecified atom stereocenters. The Hall–Kier alpha value is -1.16. The molecule has 0 saturated carbocycles. The van der Waals surface area contributed by atoms with Gasteiger partial charge >= 0.3 is 15.6 Å². The first-order chi connectivity index (χ1) is 5.75. The summed E-state index contributed by atoms with van der Waals surface area (Å²) < 4.78 is 57.5. The van der Waals surface area contributed by atoms with Crippen LogP contribution in [0.5, 0.6) is 0 Å². The van der Waals surface area contributed by atoms with Gasteiger partial charge in [0.1, 0.15) is 12.7 Å². The average molecular weight is 219 g/mol. The summed E-state index contributed by atoms with van der Waals surface area (Å²) in [6.07, 6.45) is 2.96. The van der Waals surface area contributed by atoms with E-state index in [-0.39, 0.29) is 0 Å². The maximum absolute atomic E-state index is 10.7. The molecule has 1 aromatic heterocycles. The van der Waals surface area contributed by atoms with Crippen molar-refractivity contribution in [2.45, 2.75) is 5.51 Å². The highest BCUT2D eigenvalue weighted by atomic mass is 32.2. The van der Waals surface area contributed by atoms with Crippen molar-refractivity contribution in [3.63, 3.8) is 0 Å². The summed E-state index contributed by atoms with van der Waals surface area (Å²) in [5, 5.41) is 5.99. The van der Waals surface area contributed by atoms with E-state index in [2.05, 4.69) is 15.2 Å². The molecule has 13 heavy (non-hydrogen) atoms. The maximum Gasteiger partial charge on any atom is 0.522 e. The number of hydrogen-bond donors (Lipinski definition) is 2. The van der Waals surface area contributed by atoms with Crippen LogP contribution in [0.2, 0.25) is 0 Å². The van der Waals surface area contributed by atoms with Gasteiger partial charge in [0.05, 0.1) is 0 Å². The Kier molecular flexibility index (Phi) is 3.81. The van der Waals surface area contributed by atoms with Crippen molar-refractivity contribution in [1.82, 2.24) is 15.2 Å². The first-order valence-corrected chi connectivity index (χ1v) is 4.01. The number of nitrogens with zero attached hydrogens (tertiary/aromatic N) is 2. The van der Waals surface area contributed by atoms with Gasteiger partial charge in [0, 0.05) is 0 Å². The number of alkyl halides is 3. The number of aromatic nitrogens is 3. The molecule has 1 rings (SSSR count). The minimum absolute atomic E-state index is 1.44. The summed E-state index contributed by atoms with van der Waals surface area (Å²) in [5.41, 5.74) is -5.53. The van der Waals surface area contributed by atoms with Crippen molar-refractivity contribution in [2.75, 3.05) is 0 Å². The monoisotopic (exact) mass is 219 g/mol. The fourth-order valence-corrected chi connectivity index (χ4v) is 0.167. The van der Waals surface area contributed by atoms with E-state index in [4.69, 9.17) is 13.0 Å². The fourth-order valence-electron chi connectivity index (χ4n) is 0.167. The molecule has 0 radical (unpaired) electrons. The van der Waals surface area contributed by atoms with Crippen LogP contribution in [-0.2, 0) is 10.1 Å². The van der Waals surface area contributed by atoms with E-state index in [0.29, 0.717) is 0 Å². The molecule has 76 valence electrons. The lowest BCUT2D eigenvalue weighted by atomic mass is 11.3. The number of aromatic amines is 1. The van der Waals surface area contributed by atoms with Crippen molar-refractivity contribution in [2.24, 2.45) is 0 Å². The second kappa shape index (κ2) is 4.18. The maximum atomic E-state index is 10.7. The van der Waals surface area contributed by atoms with Crippen molar-refractivity contribution >= 4 is 10.1 Å². The highest BCUT2D eigenvalue weighted by Crippen LogP contribution is 2.20. The minimum Gasteiger partial charge on any atom is -0.279 e. The molecule has 0 saturated heterocycles.